The Morgan fingerprint density at radius 2 is 1.59 bits per heavy atom. The Kier molecular flexibility index (Phi) is 5.63. The molecule has 0 aromatic heterocycles. The van der Waals surface area contributed by atoms with Crippen LogP contribution in [0.25, 0.3) is 0 Å². The van der Waals surface area contributed by atoms with E-state index in [0.717, 1.165) is 6.16 Å². The predicted molar refractivity (Wildman–Crippen MR) is 84.9 cm³/mol. The third kappa shape index (κ3) is 5.12. The molecule has 0 aromatic carbocycles. The zero-order chi connectivity index (χ0) is 13.3. The van der Waals surface area contributed by atoms with Crippen molar-refractivity contribution in [1.82, 2.24) is 0 Å². The van der Waals surface area contributed by atoms with Crippen molar-refractivity contribution in [3.8, 4) is 12.3 Å². The highest BCUT2D eigenvalue weighted by atomic mass is 35.9. The molecule has 0 saturated carbocycles. The zero-order valence-corrected chi connectivity index (χ0v) is 15.0. The molecule has 0 N–H and O–H groups in total. The summed E-state index contributed by atoms with van der Waals surface area (Å²) >= 11 is 24.2. The van der Waals surface area contributed by atoms with Gasteiger partial charge >= 0.3 is 0 Å². The lowest BCUT2D eigenvalue weighted by Gasteiger charge is -2.26. The van der Waals surface area contributed by atoms with Crippen molar-refractivity contribution in [3.05, 3.63) is 0 Å². The fourth-order valence-corrected chi connectivity index (χ4v) is 19.1. The molecular formula is C7H12Cl4N3P3. The second-order valence-electron chi connectivity index (χ2n) is 4.00. The van der Waals surface area contributed by atoms with Crippen LogP contribution >= 0.6 is 64.0 Å². The molecular weight excluding hydrogens is 361 g/mol. The molecule has 0 radical (unpaired) electrons. The Labute approximate surface area is 121 Å². The van der Waals surface area contributed by atoms with Crippen molar-refractivity contribution in [2.45, 2.75) is 13.8 Å². The maximum absolute atomic E-state index is 6.06. The minimum atomic E-state index is -2.83. The fraction of sp³-hybridized carbons (Fsp3) is 0.714. The summed E-state index contributed by atoms with van der Waals surface area (Å²) in [5.74, 6) is -2.71. The minimum absolute atomic E-state index is 0.365. The van der Waals surface area contributed by atoms with Gasteiger partial charge in [0.15, 0.2) is 0 Å². The van der Waals surface area contributed by atoms with Crippen LogP contribution in [-0.2, 0) is 0 Å². The van der Waals surface area contributed by atoms with Crippen LogP contribution in [0.2, 0.25) is 0 Å². The van der Waals surface area contributed by atoms with E-state index in [-0.39, 0.29) is 0 Å². The lowest BCUT2D eigenvalue weighted by atomic mass is 10.3. The number of hydrogen-bond donors (Lipinski definition) is 0. The summed E-state index contributed by atoms with van der Waals surface area (Å²) in [5, 5.41) is 0. The van der Waals surface area contributed by atoms with Crippen LogP contribution in [0.4, 0.5) is 0 Å². The fourth-order valence-electron chi connectivity index (χ4n) is 1.52. The van der Waals surface area contributed by atoms with Crippen LogP contribution in [0.3, 0.4) is 0 Å². The molecule has 1 heterocycles. The average Bonchev–Trinajstić information content (AvgIpc) is 1.93. The first kappa shape index (κ1) is 16.5. The molecule has 3 nitrogen and oxygen atoms in total. The highest BCUT2D eigenvalue weighted by Crippen LogP contribution is 2.85. The first-order valence-corrected chi connectivity index (χ1v) is 13.8. The van der Waals surface area contributed by atoms with Gasteiger partial charge in [-0.25, -0.2) is 9.03 Å². The summed E-state index contributed by atoms with van der Waals surface area (Å²) in [5.41, 5.74) is 0. The molecule has 0 bridgehead atoms. The first-order chi connectivity index (χ1) is 7.60. The number of nitrogens with zero attached hydrogens (tertiary/aromatic N) is 3. The predicted octanol–water partition coefficient (Wildman–Crippen LogP) is 7.25. The monoisotopic (exact) mass is 371 g/mol. The van der Waals surface area contributed by atoms with E-state index >= 15 is 0 Å². The van der Waals surface area contributed by atoms with Crippen molar-refractivity contribution in [1.29, 1.82) is 0 Å². The van der Waals surface area contributed by atoms with Crippen LogP contribution in [0.15, 0.2) is 13.5 Å². The summed E-state index contributed by atoms with van der Waals surface area (Å²) in [6.07, 6.45) is 6.49. The molecule has 1 aliphatic rings. The zero-order valence-electron chi connectivity index (χ0n) is 9.26. The normalized spacial score (nSPS) is 29.8. The van der Waals surface area contributed by atoms with Crippen LogP contribution in [-0.4, -0.2) is 12.3 Å². The third-order valence-corrected chi connectivity index (χ3v) is 14.7. The van der Waals surface area contributed by atoms with Gasteiger partial charge in [0.2, 0.25) is 0 Å². The van der Waals surface area contributed by atoms with Crippen molar-refractivity contribution < 1.29 is 0 Å². The molecule has 1 aliphatic heterocycles. The average molecular weight is 373 g/mol. The lowest BCUT2D eigenvalue weighted by molar-refractivity contribution is 0.742. The van der Waals surface area contributed by atoms with Gasteiger partial charge in [-0.2, -0.15) is 4.52 Å². The second-order valence-corrected chi connectivity index (χ2v) is 17.1. The summed E-state index contributed by atoms with van der Waals surface area (Å²) in [4.78, 5) is 0. The van der Waals surface area contributed by atoms with Crippen molar-refractivity contribution in [2.24, 2.45) is 19.5 Å². The van der Waals surface area contributed by atoms with Crippen LogP contribution in [0, 0.1) is 18.3 Å². The summed E-state index contributed by atoms with van der Waals surface area (Å²) < 4.78 is 12.8. The Hall–Kier alpha value is 1.41. The van der Waals surface area contributed by atoms with Gasteiger partial charge in [0.25, 0.3) is 11.8 Å². The van der Waals surface area contributed by atoms with E-state index < -0.39 is 19.0 Å². The Morgan fingerprint density at radius 1 is 1.06 bits per heavy atom. The summed E-state index contributed by atoms with van der Waals surface area (Å²) in [6, 6.07) is 0. The SMILES string of the molecule is C#CCP1(CC(C)C)=NP(Cl)(Cl)=NP(Cl)(Cl)=N1. The molecule has 1 atom stereocenters. The van der Waals surface area contributed by atoms with E-state index in [0.29, 0.717) is 12.1 Å². The molecule has 17 heavy (non-hydrogen) atoms. The molecule has 1 unspecified atom stereocenters. The highest BCUT2D eigenvalue weighted by Gasteiger charge is 2.33. The van der Waals surface area contributed by atoms with E-state index in [1.807, 2.05) is 0 Å². The maximum atomic E-state index is 6.06. The Morgan fingerprint density at radius 3 is 2.00 bits per heavy atom. The quantitative estimate of drug-likeness (QED) is 0.369. The largest absolute Gasteiger partial charge is 0.255 e. The molecule has 10 heteroatoms. The molecule has 0 fully saturated rings. The molecule has 98 valence electrons. The second kappa shape index (κ2) is 5.81. The molecule has 0 aromatic rings. The van der Waals surface area contributed by atoms with E-state index in [4.69, 9.17) is 51.4 Å². The molecule has 0 saturated heterocycles. The van der Waals surface area contributed by atoms with Gasteiger partial charge in [-0.3, -0.25) is 0 Å². The summed E-state index contributed by atoms with van der Waals surface area (Å²) in [6.45, 7) is 4.11. The molecule has 0 amide bonds. The Balaban J connectivity index is 3.44. The number of halogens is 4. The van der Waals surface area contributed by atoms with Crippen molar-refractivity contribution >= 4 is 64.0 Å². The molecule has 0 spiro atoms. The van der Waals surface area contributed by atoms with Gasteiger partial charge in [0.05, 0.1) is 13.4 Å². The molecule has 0 aliphatic carbocycles. The lowest BCUT2D eigenvalue weighted by Crippen LogP contribution is -1.99. The number of terminal acetylenes is 1. The van der Waals surface area contributed by atoms with Crippen molar-refractivity contribution in [2.75, 3.05) is 12.3 Å². The number of rotatable bonds is 3. The van der Waals surface area contributed by atoms with Gasteiger partial charge in [0.1, 0.15) is 0 Å². The Bertz CT molecular complexity index is 499. The van der Waals surface area contributed by atoms with Gasteiger partial charge in [-0.15, -0.1) is 6.42 Å². The van der Waals surface area contributed by atoms with Crippen molar-refractivity contribution in [3.63, 3.8) is 0 Å². The highest BCUT2D eigenvalue weighted by molar-refractivity contribution is 8.21. The maximum Gasteiger partial charge on any atom is 0.255 e. The van der Waals surface area contributed by atoms with Gasteiger partial charge < -0.3 is 0 Å². The van der Waals surface area contributed by atoms with E-state index in [9.17, 15) is 0 Å². The van der Waals surface area contributed by atoms with Gasteiger partial charge in [-0.05, 0) is 50.9 Å². The molecule has 1 rings (SSSR count). The minimum Gasteiger partial charge on any atom is -0.212 e. The topological polar surface area (TPSA) is 37.1 Å². The van der Waals surface area contributed by atoms with Crippen LogP contribution in [0.5, 0.6) is 0 Å². The first-order valence-electron chi connectivity index (χ1n) is 4.71. The van der Waals surface area contributed by atoms with Crippen LogP contribution in [0.1, 0.15) is 13.8 Å². The van der Waals surface area contributed by atoms with E-state index in [2.05, 4.69) is 33.3 Å². The van der Waals surface area contributed by atoms with E-state index in [1.54, 1.807) is 0 Å². The summed E-state index contributed by atoms with van der Waals surface area (Å²) in [7, 11) is -2.20. The standard InChI is InChI=1S/C7H12Cl4N3P3/c1-4-5-15(6-7(2)3)12-16(8,9)14-17(10,11)13-15/h1,7H,5-6H2,2-3H3. The third-order valence-electron chi connectivity index (χ3n) is 1.77. The smallest absolute Gasteiger partial charge is 0.212 e. The number of hydrogen-bond acceptors (Lipinski definition) is 3. The van der Waals surface area contributed by atoms with Gasteiger partial charge in [-0.1, -0.05) is 19.8 Å². The van der Waals surface area contributed by atoms with Gasteiger partial charge in [0, 0.05) is 6.16 Å². The van der Waals surface area contributed by atoms with E-state index in [1.165, 1.54) is 0 Å². The van der Waals surface area contributed by atoms with Crippen LogP contribution < -0.4 is 0 Å².